The van der Waals surface area contributed by atoms with Crippen molar-refractivity contribution in [3.63, 3.8) is 0 Å². The monoisotopic (exact) mass is 236 g/mol. The van der Waals surface area contributed by atoms with Gasteiger partial charge in [-0.3, -0.25) is 0 Å². The van der Waals surface area contributed by atoms with Gasteiger partial charge in [0.25, 0.3) is 0 Å². The molecule has 96 valence electrons. The van der Waals surface area contributed by atoms with Gasteiger partial charge in [0.15, 0.2) is 5.79 Å². The smallest absolute Gasteiger partial charge is 0.177 e. The summed E-state index contributed by atoms with van der Waals surface area (Å²) in [6.07, 6.45) is 8.37. The highest BCUT2D eigenvalue weighted by atomic mass is 16.7. The summed E-state index contributed by atoms with van der Waals surface area (Å²) >= 11 is 0. The van der Waals surface area contributed by atoms with Gasteiger partial charge in [0.05, 0.1) is 13.2 Å². The van der Waals surface area contributed by atoms with E-state index in [2.05, 4.69) is 32.9 Å². The number of hydrogen-bond donors (Lipinski definition) is 0. The van der Waals surface area contributed by atoms with Crippen LogP contribution in [-0.4, -0.2) is 19.0 Å². The SMILES string of the molecule is CC(C)CC1C2C=CCCC2(C)C12OCCO2. The summed E-state index contributed by atoms with van der Waals surface area (Å²) in [5.74, 6) is 1.68. The summed E-state index contributed by atoms with van der Waals surface area (Å²) in [6.45, 7) is 8.51. The van der Waals surface area contributed by atoms with Gasteiger partial charge in [-0.25, -0.2) is 0 Å². The van der Waals surface area contributed by atoms with Crippen LogP contribution in [0.3, 0.4) is 0 Å². The molecule has 1 saturated heterocycles. The molecule has 2 nitrogen and oxygen atoms in total. The van der Waals surface area contributed by atoms with Crippen LogP contribution in [0.25, 0.3) is 0 Å². The van der Waals surface area contributed by atoms with E-state index in [0.717, 1.165) is 13.2 Å². The molecule has 17 heavy (non-hydrogen) atoms. The average Bonchev–Trinajstić information content (AvgIpc) is 2.78. The Hall–Kier alpha value is -0.340. The Bertz CT molecular complexity index is 328. The van der Waals surface area contributed by atoms with Gasteiger partial charge in [0, 0.05) is 11.3 Å². The Kier molecular flexibility index (Phi) is 2.64. The van der Waals surface area contributed by atoms with E-state index < -0.39 is 0 Å². The molecule has 3 aliphatic rings. The zero-order chi connectivity index (χ0) is 12.1. The summed E-state index contributed by atoms with van der Waals surface area (Å²) in [5, 5.41) is 0. The summed E-state index contributed by atoms with van der Waals surface area (Å²) < 4.78 is 12.2. The van der Waals surface area contributed by atoms with Crippen molar-refractivity contribution < 1.29 is 9.47 Å². The minimum atomic E-state index is -0.257. The molecule has 2 fully saturated rings. The molecule has 2 aliphatic carbocycles. The Morgan fingerprint density at radius 1 is 1.29 bits per heavy atom. The van der Waals surface area contributed by atoms with E-state index in [9.17, 15) is 0 Å². The first-order valence-corrected chi connectivity index (χ1v) is 7.05. The van der Waals surface area contributed by atoms with Crippen LogP contribution in [0, 0.1) is 23.2 Å². The quantitative estimate of drug-likeness (QED) is 0.684. The molecule has 1 heterocycles. The molecule has 3 rings (SSSR count). The second kappa shape index (κ2) is 3.83. The fourth-order valence-electron chi connectivity index (χ4n) is 4.34. The van der Waals surface area contributed by atoms with Crippen molar-refractivity contribution >= 4 is 0 Å². The molecular formula is C15H24O2. The second-order valence-electron chi connectivity index (χ2n) is 6.51. The largest absolute Gasteiger partial charge is 0.347 e. The van der Waals surface area contributed by atoms with Crippen molar-refractivity contribution in [3.05, 3.63) is 12.2 Å². The van der Waals surface area contributed by atoms with E-state index in [1.807, 2.05) is 0 Å². The van der Waals surface area contributed by atoms with Crippen LogP contribution >= 0.6 is 0 Å². The zero-order valence-corrected chi connectivity index (χ0v) is 11.2. The van der Waals surface area contributed by atoms with Crippen LogP contribution in [0.5, 0.6) is 0 Å². The molecule has 1 aliphatic heterocycles. The number of rotatable bonds is 2. The highest BCUT2D eigenvalue weighted by molar-refractivity contribution is 5.22. The topological polar surface area (TPSA) is 18.5 Å². The Morgan fingerprint density at radius 3 is 2.65 bits per heavy atom. The van der Waals surface area contributed by atoms with E-state index >= 15 is 0 Å². The maximum absolute atomic E-state index is 6.11. The minimum absolute atomic E-state index is 0.220. The Balaban J connectivity index is 1.91. The molecule has 0 radical (unpaired) electrons. The first-order chi connectivity index (χ1) is 8.10. The molecule has 0 aromatic carbocycles. The molecule has 3 unspecified atom stereocenters. The molecule has 0 amide bonds. The van der Waals surface area contributed by atoms with Crippen LogP contribution in [-0.2, 0) is 9.47 Å². The van der Waals surface area contributed by atoms with Gasteiger partial charge in [0.1, 0.15) is 0 Å². The summed E-state index contributed by atoms with van der Waals surface area (Å²) in [7, 11) is 0. The van der Waals surface area contributed by atoms with Gasteiger partial charge in [-0.15, -0.1) is 0 Å². The lowest BCUT2D eigenvalue weighted by molar-refractivity contribution is -0.360. The maximum atomic E-state index is 6.11. The molecule has 0 N–H and O–H groups in total. The van der Waals surface area contributed by atoms with Gasteiger partial charge in [0.2, 0.25) is 0 Å². The number of hydrogen-bond acceptors (Lipinski definition) is 2. The lowest BCUT2D eigenvalue weighted by Crippen LogP contribution is -2.70. The maximum Gasteiger partial charge on any atom is 0.177 e. The van der Waals surface area contributed by atoms with Crippen LogP contribution in [0.2, 0.25) is 0 Å². The second-order valence-corrected chi connectivity index (χ2v) is 6.51. The van der Waals surface area contributed by atoms with Crippen LogP contribution in [0.1, 0.15) is 40.0 Å². The molecule has 1 spiro atoms. The predicted molar refractivity (Wildman–Crippen MR) is 67.6 cm³/mol. The molecule has 1 saturated carbocycles. The number of ether oxygens (including phenoxy) is 2. The van der Waals surface area contributed by atoms with Gasteiger partial charge in [-0.2, -0.15) is 0 Å². The normalized spacial score (nSPS) is 42.8. The molecule has 0 bridgehead atoms. The Labute approximate surface area is 104 Å². The number of allylic oxidation sites excluding steroid dienone is 2. The molecule has 2 heteroatoms. The van der Waals surface area contributed by atoms with Crippen molar-refractivity contribution in [3.8, 4) is 0 Å². The van der Waals surface area contributed by atoms with E-state index in [-0.39, 0.29) is 11.2 Å². The first kappa shape index (κ1) is 11.7. The third-order valence-corrected chi connectivity index (χ3v) is 5.07. The summed E-state index contributed by atoms with van der Waals surface area (Å²) in [5.41, 5.74) is 0.220. The average molecular weight is 236 g/mol. The number of fused-ring (bicyclic) bond motifs is 2. The van der Waals surface area contributed by atoms with Gasteiger partial charge < -0.3 is 9.47 Å². The summed E-state index contributed by atoms with van der Waals surface area (Å²) in [4.78, 5) is 0. The van der Waals surface area contributed by atoms with Crippen LogP contribution in [0.15, 0.2) is 12.2 Å². The van der Waals surface area contributed by atoms with Gasteiger partial charge >= 0.3 is 0 Å². The first-order valence-electron chi connectivity index (χ1n) is 7.05. The lowest BCUT2D eigenvalue weighted by atomic mass is 9.45. The zero-order valence-electron chi connectivity index (χ0n) is 11.2. The predicted octanol–water partition coefficient (Wildman–Crippen LogP) is 3.38. The minimum Gasteiger partial charge on any atom is -0.347 e. The van der Waals surface area contributed by atoms with Crippen molar-refractivity contribution in [2.45, 2.75) is 45.8 Å². The molecule has 0 aromatic heterocycles. The van der Waals surface area contributed by atoms with E-state index in [1.165, 1.54) is 19.3 Å². The van der Waals surface area contributed by atoms with Gasteiger partial charge in [-0.05, 0) is 31.1 Å². The highest BCUT2D eigenvalue weighted by Crippen LogP contribution is 2.67. The van der Waals surface area contributed by atoms with E-state index in [0.29, 0.717) is 17.8 Å². The van der Waals surface area contributed by atoms with E-state index in [1.54, 1.807) is 0 Å². The van der Waals surface area contributed by atoms with Crippen molar-refractivity contribution in [2.24, 2.45) is 23.2 Å². The Morgan fingerprint density at radius 2 is 2.00 bits per heavy atom. The van der Waals surface area contributed by atoms with Crippen molar-refractivity contribution in [2.75, 3.05) is 13.2 Å². The molecular weight excluding hydrogens is 212 g/mol. The lowest BCUT2D eigenvalue weighted by Gasteiger charge is -2.66. The highest BCUT2D eigenvalue weighted by Gasteiger charge is 2.71. The third kappa shape index (κ3) is 1.40. The molecule has 0 aromatic rings. The van der Waals surface area contributed by atoms with Gasteiger partial charge in [-0.1, -0.05) is 32.9 Å². The molecule has 3 atom stereocenters. The van der Waals surface area contributed by atoms with Crippen LogP contribution < -0.4 is 0 Å². The van der Waals surface area contributed by atoms with Crippen molar-refractivity contribution in [1.82, 2.24) is 0 Å². The fraction of sp³-hybridized carbons (Fsp3) is 0.867. The summed E-state index contributed by atoms with van der Waals surface area (Å²) in [6, 6.07) is 0. The standard InChI is InChI=1S/C15H24O2/c1-11(2)10-13-12-6-4-5-7-14(12,3)15(13)16-8-9-17-15/h4,6,11-13H,5,7-10H2,1-3H3. The van der Waals surface area contributed by atoms with Crippen LogP contribution in [0.4, 0.5) is 0 Å². The third-order valence-electron chi connectivity index (χ3n) is 5.07. The van der Waals surface area contributed by atoms with Crippen molar-refractivity contribution in [1.29, 1.82) is 0 Å². The fourth-order valence-corrected chi connectivity index (χ4v) is 4.34. The van der Waals surface area contributed by atoms with E-state index in [4.69, 9.17) is 9.47 Å².